The van der Waals surface area contributed by atoms with Gasteiger partial charge >= 0.3 is 0 Å². The lowest BCUT2D eigenvalue weighted by Crippen LogP contribution is -2.09. The summed E-state index contributed by atoms with van der Waals surface area (Å²) < 4.78 is 5.89. The second-order valence-corrected chi connectivity index (χ2v) is 6.98. The molecule has 0 aliphatic rings. The van der Waals surface area contributed by atoms with Gasteiger partial charge in [0.1, 0.15) is 17.1 Å². The van der Waals surface area contributed by atoms with Crippen LogP contribution in [0.25, 0.3) is 0 Å². The van der Waals surface area contributed by atoms with Gasteiger partial charge in [0.05, 0.1) is 12.3 Å². The highest BCUT2D eigenvalue weighted by atomic mass is 16.5. The van der Waals surface area contributed by atoms with E-state index in [0.29, 0.717) is 36.2 Å². The molecular formula is C22H31N3O2. The zero-order chi connectivity index (χ0) is 19.6. The number of benzene rings is 2. The van der Waals surface area contributed by atoms with Crippen LogP contribution in [0.15, 0.2) is 46.6 Å². The van der Waals surface area contributed by atoms with Crippen molar-refractivity contribution in [2.75, 3.05) is 12.3 Å². The number of para-hydroxylation sites is 1. The van der Waals surface area contributed by atoms with E-state index in [9.17, 15) is 5.11 Å². The number of nitrogens with two attached hydrogens (primary N) is 1. The van der Waals surface area contributed by atoms with Gasteiger partial charge in [0, 0.05) is 12.2 Å². The third-order valence-corrected chi connectivity index (χ3v) is 4.67. The minimum Gasteiger partial charge on any atom is -0.505 e. The summed E-state index contributed by atoms with van der Waals surface area (Å²) in [6, 6.07) is 11.0. The Balaban J connectivity index is 2.07. The van der Waals surface area contributed by atoms with Gasteiger partial charge in [-0.1, -0.05) is 45.2 Å². The van der Waals surface area contributed by atoms with Gasteiger partial charge in [-0.2, -0.15) is 0 Å². The van der Waals surface area contributed by atoms with Crippen LogP contribution in [0, 0.1) is 12.8 Å². The largest absolute Gasteiger partial charge is 0.505 e. The molecule has 0 aliphatic heterocycles. The molecule has 0 heterocycles. The predicted molar refractivity (Wildman–Crippen MR) is 111 cm³/mol. The summed E-state index contributed by atoms with van der Waals surface area (Å²) in [5.74, 6) is 0.678. The summed E-state index contributed by atoms with van der Waals surface area (Å²) in [7, 11) is 0. The van der Waals surface area contributed by atoms with Gasteiger partial charge < -0.3 is 15.6 Å². The number of anilines is 1. The Hall–Kier alpha value is -2.40. The standard InChI is InChI=1S/C22H31N3O2/c1-4-6-9-17(5-2)14-27-15-18-12-16(3)13-21(22(18)26)25-24-20-11-8-7-10-19(20)23/h7-8,10-13,17,26H,4-6,9,14-15,23H2,1-3H3. The molecule has 1 atom stereocenters. The lowest BCUT2D eigenvalue weighted by atomic mass is 10.0. The lowest BCUT2D eigenvalue weighted by molar-refractivity contribution is 0.0807. The highest BCUT2D eigenvalue weighted by Crippen LogP contribution is 2.34. The molecule has 2 rings (SSSR count). The van der Waals surface area contributed by atoms with Crippen LogP contribution in [0.1, 0.15) is 50.7 Å². The van der Waals surface area contributed by atoms with Crippen molar-refractivity contribution in [1.82, 2.24) is 0 Å². The van der Waals surface area contributed by atoms with E-state index < -0.39 is 0 Å². The van der Waals surface area contributed by atoms with Crippen LogP contribution in [0.3, 0.4) is 0 Å². The Morgan fingerprint density at radius 1 is 1.11 bits per heavy atom. The summed E-state index contributed by atoms with van der Waals surface area (Å²) in [5, 5.41) is 18.9. The van der Waals surface area contributed by atoms with Crippen LogP contribution in [-0.4, -0.2) is 11.7 Å². The van der Waals surface area contributed by atoms with Gasteiger partial charge in [0.2, 0.25) is 0 Å². The number of unbranched alkanes of at least 4 members (excludes halogenated alkanes) is 1. The molecule has 3 N–H and O–H groups in total. The minimum absolute atomic E-state index is 0.112. The number of hydrogen-bond acceptors (Lipinski definition) is 5. The maximum Gasteiger partial charge on any atom is 0.148 e. The van der Waals surface area contributed by atoms with Crippen LogP contribution in [0.2, 0.25) is 0 Å². The molecule has 0 saturated carbocycles. The first-order valence-corrected chi connectivity index (χ1v) is 9.71. The van der Waals surface area contributed by atoms with Crippen molar-refractivity contribution in [2.24, 2.45) is 16.1 Å². The third-order valence-electron chi connectivity index (χ3n) is 4.67. The highest BCUT2D eigenvalue weighted by Gasteiger charge is 2.11. The van der Waals surface area contributed by atoms with Gasteiger partial charge in [-0.3, -0.25) is 0 Å². The maximum absolute atomic E-state index is 10.6. The fourth-order valence-electron chi connectivity index (χ4n) is 2.94. The smallest absolute Gasteiger partial charge is 0.148 e. The summed E-state index contributed by atoms with van der Waals surface area (Å²) in [4.78, 5) is 0. The van der Waals surface area contributed by atoms with Crippen LogP contribution in [0.5, 0.6) is 5.75 Å². The van der Waals surface area contributed by atoms with E-state index in [-0.39, 0.29) is 5.75 Å². The topological polar surface area (TPSA) is 80.2 Å². The zero-order valence-electron chi connectivity index (χ0n) is 16.6. The Kier molecular flexibility index (Phi) is 8.27. The van der Waals surface area contributed by atoms with E-state index in [1.54, 1.807) is 18.2 Å². The highest BCUT2D eigenvalue weighted by molar-refractivity contribution is 5.62. The van der Waals surface area contributed by atoms with Gasteiger partial charge in [0.25, 0.3) is 0 Å². The molecule has 0 aliphatic carbocycles. The average Bonchev–Trinajstić information content (AvgIpc) is 2.66. The second kappa shape index (κ2) is 10.7. The van der Waals surface area contributed by atoms with Crippen molar-refractivity contribution in [3.8, 4) is 5.75 Å². The third kappa shape index (κ3) is 6.36. The molecule has 2 aromatic carbocycles. The number of azo groups is 1. The van der Waals surface area contributed by atoms with Gasteiger partial charge in [0.15, 0.2) is 0 Å². The molecule has 27 heavy (non-hydrogen) atoms. The Labute approximate surface area is 162 Å². The predicted octanol–water partition coefficient (Wildman–Crippen LogP) is 6.43. The number of aryl methyl sites for hydroxylation is 1. The fraction of sp³-hybridized carbons (Fsp3) is 0.455. The SMILES string of the molecule is CCCCC(CC)COCc1cc(C)cc(N=Nc2ccccc2N)c1O. The van der Waals surface area contributed by atoms with Crippen molar-refractivity contribution in [1.29, 1.82) is 0 Å². The first-order valence-electron chi connectivity index (χ1n) is 9.71. The van der Waals surface area contributed by atoms with Crippen molar-refractivity contribution in [3.63, 3.8) is 0 Å². The van der Waals surface area contributed by atoms with E-state index in [0.717, 1.165) is 17.5 Å². The number of phenolic OH excluding ortho intramolecular Hbond substituents is 1. The molecule has 0 fully saturated rings. The molecule has 0 aromatic heterocycles. The number of nitrogen functional groups attached to an aromatic ring is 1. The number of aromatic hydroxyl groups is 1. The Morgan fingerprint density at radius 3 is 2.56 bits per heavy atom. The first-order chi connectivity index (χ1) is 13.0. The van der Waals surface area contributed by atoms with E-state index >= 15 is 0 Å². The van der Waals surface area contributed by atoms with Crippen molar-refractivity contribution < 1.29 is 9.84 Å². The first kappa shape index (κ1) is 20.9. The van der Waals surface area contributed by atoms with Gasteiger partial charge in [-0.15, -0.1) is 10.2 Å². The molecule has 146 valence electrons. The van der Waals surface area contributed by atoms with Crippen LogP contribution < -0.4 is 5.73 Å². The van der Waals surface area contributed by atoms with E-state index in [1.807, 2.05) is 25.1 Å². The van der Waals surface area contributed by atoms with E-state index in [1.165, 1.54) is 19.3 Å². The van der Waals surface area contributed by atoms with Crippen molar-refractivity contribution in [2.45, 2.75) is 53.1 Å². The van der Waals surface area contributed by atoms with Crippen molar-refractivity contribution in [3.05, 3.63) is 47.5 Å². The molecule has 5 heteroatoms. The summed E-state index contributed by atoms with van der Waals surface area (Å²) in [6.07, 6.45) is 4.72. The molecule has 0 saturated heterocycles. The van der Waals surface area contributed by atoms with E-state index in [4.69, 9.17) is 10.5 Å². The van der Waals surface area contributed by atoms with Gasteiger partial charge in [-0.05, 0) is 49.1 Å². The summed E-state index contributed by atoms with van der Waals surface area (Å²) >= 11 is 0. The normalized spacial score (nSPS) is 12.6. The maximum atomic E-state index is 10.6. The number of phenols is 1. The molecule has 0 radical (unpaired) electrons. The molecule has 5 nitrogen and oxygen atoms in total. The molecule has 2 aromatic rings. The van der Waals surface area contributed by atoms with Gasteiger partial charge in [-0.25, -0.2) is 0 Å². The fourth-order valence-corrected chi connectivity index (χ4v) is 2.94. The van der Waals surface area contributed by atoms with Crippen LogP contribution in [-0.2, 0) is 11.3 Å². The summed E-state index contributed by atoms with van der Waals surface area (Å²) in [5.41, 5.74) is 9.18. The summed E-state index contributed by atoms with van der Waals surface area (Å²) in [6.45, 7) is 7.45. The average molecular weight is 370 g/mol. The quantitative estimate of drug-likeness (QED) is 0.374. The van der Waals surface area contributed by atoms with Crippen LogP contribution >= 0.6 is 0 Å². The number of rotatable bonds is 10. The van der Waals surface area contributed by atoms with E-state index in [2.05, 4.69) is 24.1 Å². The van der Waals surface area contributed by atoms with Crippen molar-refractivity contribution >= 4 is 17.1 Å². The monoisotopic (exact) mass is 369 g/mol. The molecular weight excluding hydrogens is 338 g/mol. The Morgan fingerprint density at radius 2 is 1.85 bits per heavy atom. The molecule has 0 amide bonds. The molecule has 0 bridgehead atoms. The lowest BCUT2D eigenvalue weighted by Gasteiger charge is -2.15. The number of hydrogen-bond donors (Lipinski definition) is 2. The minimum atomic E-state index is 0.112. The zero-order valence-corrected chi connectivity index (χ0v) is 16.6. The second-order valence-electron chi connectivity index (χ2n) is 6.98. The Bertz CT molecular complexity index is 759. The number of ether oxygens (including phenoxy) is 1. The molecule has 1 unspecified atom stereocenters. The van der Waals surface area contributed by atoms with Crippen LogP contribution in [0.4, 0.5) is 17.1 Å². The molecule has 0 spiro atoms. The number of nitrogens with zero attached hydrogens (tertiary/aromatic N) is 2.